The third-order valence-corrected chi connectivity index (χ3v) is 3.16. The highest BCUT2D eigenvalue weighted by Gasteiger charge is 2.07. The highest BCUT2D eigenvalue weighted by molar-refractivity contribution is 6.30. The number of nitrogens with one attached hydrogen (secondary N) is 2. The Morgan fingerprint density at radius 3 is 2.80 bits per heavy atom. The molecule has 1 heterocycles. The second kappa shape index (κ2) is 5.88. The van der Waals surface area contributed by atoms with Crippen molar-refractivity contribution in [2.24, 2.45) is 0 Å². The number of anilines is 1. The van der Waals surface area contributed by atoms with Crippen LogP contribution in [0.2, 0.25) is 5.02 Å². The first-order valence-corrected chi connectivity index (χ1v) is 6.31. The summed E-state index contributed by atoms with van der Waals surface area (Å²) in [6, 6.07) is 4.24. The van der Waals surface area contributed by atoms with Gasteiger partial charge in [-0.25, -0.2) is 4.39 Å². The van der Waals surface area contributed by atoms with Gasteiger partial charge >= 0.3 is 0 Å². The molecule has 0 atom stereocenters. The van der Waals surface area contributed by atoms with E-state index in [1.165, 1.54) is 24.3 Å². The van der Waals surface area contributed by atoms with E-state index in [1.54, 1.807) is 6.08 Å². The van der Waals surface area contributed by atoms with Crippen LogP contribution in [0.4, 0.5) is 10.2 Å². The molecule has 104 valence electrons. The minimum Gasteiger partial charge on any atom is -0.305 e. The SMILES string of the molecule is Cc1[nH]nc(NC(=O)/C=C/c2ccc(F)c(Cl)c2)c1C. The summed E-state index contributed by atoms with van der Waals surface area (Å²) < 4.78 is 13.0. The van der Waals surface area contributed by atoms with Gasteiger partial charge in [0, 0.05) is 17.3 Å². The first-order chi connectivity index (χ1) is 9.47. The summed E-state index contributed by atoms with van der Waals surface area (Å²) in [4.78, 5) is 11.7. The highest BCUT2D eigenvalue weighted by Crippen LogP contribution is 2.17. The Bertz CT molecular complexity index is 679. The number of carbonyl (C=O) groups excluding carboxylic acids is 1. The fourth-order valence-corrected chi connectivity index (χ4v) is 1.74. The molecule has 0 aliphatic heterocycles. The molecule has 0 saturated carbocycles. The number of H-pyrrole nitrogens is 1. The monoisotopic (exact) mass is 293 g/mol. The van der Waals surface area contributed by atoms with Crippen molar-refractivity contribution in [3.63, 3.8) is 0 Å². The summed E-state index contributed by atoms with van der Waals surface area (Å²) in [5, 5.41) is 9.43. The fraction of sp³-hybridized carbons (Fsp3) is 0.143. The van der Waals surface area contributed by atoms with Crippen LogP contribution in [0.3, 0.4) is 0 Å². The molecule has 0 aliphatic carbocycles. The maximum Gasteiger partial charge on any atom is 0.249 e. The van der Waals surface area contributed by atoms with Crippen LogP contribution in [0.15, 0.2) is 24.3 Å². The lowest BCUT2D eigenvalue weighted by atomic mass is 10.2. The minimum atomic E-state index is -0.490. The number of aromatic amines is 1. The van der Waals surface area contributed by atoms with Crippen molar-refractivity contribution in [3.8, 4) is 0 Å². The average Bonchev–Trinajstić information content (AvgIpc) is 2.72. The van der Waals surface area contributed by atoms with Crippen LogP contribution >= 0.6 is 11.6 Å². The zero-order valence-electron chi connectivity index (χ0n) is 11.0. The number of rotatable bonds is 3. The van der Waals surface area contributed by atoms with E-state index in [1.807, 2.05) is 13.8 Å². The van der Waals surface area contributed by atoms with Gasteiger partial charge in [-0.15, -0.1) is 0 Å². The molecular formula is C14H13ClFN3O. The van der Waals surface area contributed by atoms with Crippen molar-refractivity contribution in [2.75, 3.05) is 5.32 Å². The van der Waals surface area contributed by atoms with Crippen molar-refractivity contribution in [3.05, 3.63) is 51.9 Å². The quantitative estimate of drug-likeness (QED) is 0.851. The van der Waals surface area contributed by atoms with Crippen molar-refractivity contribution in [2.45, 2.75) is 13.8 Å². The summed E-state index contributed by atoms with van der Waals surface area (Å²) in [6.07, 6.45) is 2.89. The van der Waals surface area contributed by atoms with Gasteiger partial charge in [-0.3, -0.25) is 9.89 Å². The molecule has 0 spiro atoms. The lowest BCUT2D eigenvalue weighted by Gasteiger charge is -1.99. The predicted octanol–water partition coefficient (Wildman–Crippen LogP) is 3.47. The summed E-state index contributed by atoms with van der Waals surface area (Å²) in [7, 11) is 0. The number of aryl methyl sites for hydroxylation is 1. The number of hydrogen-bond acceptors (Lipinski definition) is 2. The van der Waals surface area contributed by atoms with Gasteiger partial charge in [0.25, 0.3) is 0 Å². The molecule has 2 rings (SSSR count). The van der Waals surface area contributed by atoms with E-state index in [2.05, 4.69) is 15.5 Å². The molecule has 1 aromatic heterocycles. The molecule has 4 nitrogen and oxygen atoms in total. The summed E-state index contributed by atoms with van der Waals surface area (Å²) >= 11 is 5.66. The van der Waals surface area contributed by atoms with Gasteiger partial charge in [-0.1, -0.05) is 17.7 Å². The van der Waals surface area contributed by atoms with Crippen LogP contribution in [0, 0.1) is 19.7 Å². The second-order valence-corrected chi connectivity index (χ2v) is 4.73. The number of nitrogens with zero attached hydrogens (tertiary/aromatic N) is 1. The van der Waals surface area contributed by atoms with E-state index < -0.39 is 5.82 Å². The van der Waals surface area contributed by atoms with Crippen LogP contribution in [-0.2, 0) is 4.79 Å². The molecule has 0 aliphatic rings. The van der Waals surface area contributed by atoms with E-state index in [9.17, 15) is 9.18 Å². The highest BCUT2D eigenvalue weighted by atomic mass is 35.5. The number of benzene rings is 1. The molecule has 0 fully saturated rings. The van der Waals surface area contributed by atoms with Crippen LogP contribution in [0.1, 0.15) is 16.8 Å². The van der Waals surface area contributed by atoms with Gasteiger partial charge in [0.05, 0.1) is 5.02 Å². The third kappa shape index (κ3) is 3.24. The molecule has 0 saturated heterocycles. The zero-order chi connectivity index (χ0) is 14.7. The lowest BCUT2D eigenvalue weighted by Crippen LogP contribution is -2.09. The first-order valence-electron chi connectivity index (χ1n) is 5.93. The number of aromatic nitrogens is 2. The topological polar surface area (TPSA) is 57.8 Å². The van der Waals surface area contributed by atoms with Gasteiger partial charge in [0.1, 0.15) is 5.82 Å². The molecule has 0 radical (unpaired) electrons. The van der Waals surface area contributed by atoms with E-state index in [4.69, 9.17) is 11.6 Å². The van der Waals surface area contributed by atoms with Crippen LogP contribution in [-0.4, -0.2) is 16.1 Å². The van der Waals surface area contributed by atoms with Gasteiger partial charge in [-0.05, 0) is 37.6 Å². The van der Waals surface area contributed by atoms with E-state index in [-0.39, 0.29) is 10.9 Å². The standard InChI is InChI=1S/C14H13ClFN3O/c1-8-9(2)18-19-14(8)17-13(20)6-4-10-3-5-12(16)11(15)7-10/h3-7H,1-2H3,(H2,17,18,19,20)/b6-4+. The Balaban J connectivity index is 2.05. The van der Waals surface area contributed by atoms with Crippen LogP contribution < -0.4 is 5.32 Å². The normalized spacial score (nSPS) is 11.0. The maximum atomic E-state index is 13.0. The molecule has 0 unspecified atom stereocenters. The number of hydrogen-bond donors (Lipinski definition) is 2. The van der Waals surface area contributed by atoms with Gasteiger partial charge in [-0.2, -0.15) is 5.10 Å². The molecule has 1 aromatic carbocycles. The molecule has 20 heavy (non-hydrogen) atoms. The molecule has 2 aromatic rings. The summed E-state index contributed by atoms with van der Waals surface area (Å²) in [5.41, 5.74) is 2.42. The Morgan fingerprint density at radius 1 is 1.45 bits per heavy atom. The molecular weight excluding hydrogens is 281 g/mol. The zero-order valence-corrected chi connectivity index (χ0v) is 11.8. The van der Waals surface area contributed by atoms with Crippen molar-refractivity contribution < 1.29 is 9.18 Å². The van der Waals surface area contributed by atoms with Crippen LogP contribution in [0.25, 0.3) is 6.08 Å². The predicted molar refractivity (Wildman–Crippen MR) is 77.1 cm³/mol. The van der Waals surface area contributed by atoms with Crippen LogP contribution in [0.5, 0.6) is 0 Å². The Hall–Kier alpha value is -2.14. The second-order valence-electron chi connectivity index (χ2n) is 4.32. The Morgan fingerprint density at radius 2 is 2.20 bits per heavy atom. The first kappa shape index (κ1) is 14.3. The maximum absolute atomic E-state index is 13.0. The molecule has 6 heteroatoms. The van der Waals surface area contributed by atoms with Gasteiger partial charge in [0.15, 0.2) is 5.82 Å². The van der Waals surface area contributed by atoms with Crippen molar-refractivity contribution in [1.29, 1.82) is 0 Å². The Labute approximate surface area is 120 Å². The van der Waals surface area contributed by atoms with Gasteiger partial charge in [0.2, 0.25) is 5.91 Å². The minimum absolute atomic E-state index is 0.0197. The third-order valence-electron chi connectivity index (χ3n) is 2.87. The van der Waals surface area contributed by atoms with E-state index in [0.29, 0.717) is 11.4 Å². The number of amides is 1. The molecule has 1 amide bonds. The van der Waals surface area contributed by atoms with E-state index in [0.717, 1.165) is 11.3 Å². The van der Waals surface area contributed by atoms with Crippen molar-refractivity contribution in [1.82, 2.24) is 10.2 Å². The Kier molecular flexibility index (Phi) is 4.20. The van der Waals surface area contributed by atoms with E-state index >= 15 is 0 Å². The number of carbonyl (C=O) groups is 1. The average molecular weight is 294 g/mol. The lowest BCUT2D eigenvalue weighted by molar-refractivity contribution is -0.111. The summed E-state index contributed by atoms with van der Waals surface area (Å²) in [6.45, 7) is 3.73. The number of halogens is 2. The smallest absolute Gasteiger partial charge is 0.249 e. The molecule has 2 N–H and O–H groups in total. The molecule has 0 bridgehead atoms. The fourth-order valence-electron chi connectivity index (χ4n) is 1.55. The largest absolute Gasteiger partial charge is 0.305 e. The van der Waals surface area contributed by atoms with Gasteiger partial charge < -0.3 is 5.32 Å². The van der Waals surface area contributed by atoms with Crippen molar-refractivity contribution >= 4 is 29.4 Å². The summed E-state index contributed by atoms with van der Waals surface area (Å²) in [5.74, 6) is -0.315.